The van der Waals surface area contributed by atoms with E-state index in [2.05, 4.69) is 10.2 Å². The molecule has 21 heavy (non-hydrogen) atoms. The van der Waals surface area contributed by atoms with Crippen molar-refractivity contribution in [2.24, 2.45) is 5.73 Å². The Balaban J connectivity index is 2.08. The zero-order valence-corrected chi connectivity index (χ0v) is 13.0. The number of nitrogens with two attached hydrogens (primary N) is 1. The molecule has 2 rings (SSSR count). The number of para-hydroxylation sites is 1. The molecule has 0 aliphatic rings. The minimum atomic E-state index is -0.191. The molecule has 1 unspecified atom stereocenters. The Morgan fingerprint density at radius 2 is 2.19 bits per heavy atom. The summed E-state index contributed by atoms with van der Waals surface area (Å²) in [6.45, 7) is 5.04. The van der Waals surface area contributed by atoms with Crippen LogP contribution in [0.25, 0.3) is 0 Å². The highest BCUT2D eigenvalue weighted by molar-refractivity contribution is 7.99. The summed E-state index contributed by atoms with van der Waals surface area (Å²) < 4.78 is 7.18. The molecule has 1 aromatic carbocycles. The Morgan fingerprint density at radius 3 is 2.90 bits per heavy atom. The smallest absolute Gasteiger partial charge is 0.343 e. The van der Waals surface area contributed by atoms with E-state index in [-0.39, 0.29) is 11.7 Å². The molecule has 0 radical (unpaired) electrons. The van der Waals surface area contributed by atoms with E-state index in [1.165, 1.54) is 11.8 Å². The minimum absolute atomic E-state index is 0.185. The van der Waals surface area contributed by atoms with Crippen LogP contribution in [0.3, 0.4) is 0 Å². The van der Waals surface area contributed by atoms with Crippen molar-refractivity contribution in [3.05, 3.63) is 40.3 Å². The fourth-order valence-corrected chi connectivity index (χ4v) is 3.01. The molecule has 6 nitrogen and oxygen atoms in total. The van der Waals surface area contributed by atoms with Crippen LogP contribution >= 0.6 is 11.8 Å². The van der Waals surface area contributed by atoms with Crippen LogP contribution in [0.1, 0.15) is 25.5 Å². The second-order valence-electron chi connectivity index (χ2n) is 4.44. The Labute approximate surface area is 127 Å². The maximum Gasteiger partial charge on any atom is 0.343 e. The molecule has 0 aliphatic heterocycles. The monoisotopic (exact) mass is 308 g/mol. The van der Waals surface area contributed by atoms with Crippen LogP contribution < -0.4 is 16.2 Å². The molecule has 0 saturated carbocycles. The quantitative estimate of drug-likeness (QED) is 0.762. The van der Waals surface area contributed by atoms with Gasteiger partial charge in [-0.2, -0.15) is 0 Å². The molecule has 1 heterocycles. The third kappa shape index (κ3) is 3.68. The van der Waals surface area contributed by atoms with Gasteiger partial charge in [-0.3, -0.25) is 4.57 Å². The number of hydrogen-bond donors (Lipinski definition) is 2. The van der Waals surface area contributed by atoms with Gasteiger partial charge in [-0.15, -0.1) is 5.10 Å². The molecule has 0 spiro atoms. The van der Waals surface area contributed by atoms with Gasteiger partial charge in [-0.25, -0.2) is 9.89 Å². The van der Waals surface area contributed by atoms with Gasteiger partial charge < -0.3 is 10.5 Å². The number of aromatic amines is 1. The summed E-state index contributed by atoms with van der Waals surface area (Å²) in [5.74, 6) is 1.43. The lowest BCUT2D eigenvalue weighted by molar-refractivity contribution is 0.335. The molecule has 0 aliphatic carbocycles. The summed E-state index contributed by atoms with van der Waals surface area (Å²) >= 11 is 1.46. The van der Waals surface area contributed by atoms with E-state index < -0.39 is 0 Å². The van der Waals surface area contributed by atoms with Gasteiger partial charge in [0, 0.05) is 23.9 Å². The largest absolute Gasteiger partial charge is 0.494 e. The third-order valence-electron chi connectivity index (χ3n) is 3.05. The van der Waals surface area contributed by atoms with Crippen molar-refractivity contribution in [3.63, 3.8) is 0 Å². The van der Waals surface area contributed by atoms with Crippen molar-refractivity contribution >= 4 is 11.8 Å². The predicted octanol–water partition coefficient (Wildman–Crippen LogP) is 1.78. The van der Waals surface area contributed by atoms with Crippen LogP contribution in [0, 0.1) is 0 Å². The number of hydrogen-bond acceptors (Lipinski definition) is 5. The Kier molecular flexibility index (Phi) is 5.46. The van der Waals surface area contributed by atoms with Crippen LogP contribution in [0.15, 0.2) is 34.2 Å². The van der Waals surface area contributed by atoms with E-state index in [1.54, 1.807) is 4.57 Å². The highest BCUT2D eigenvalue weighted by Crippen LogP contribution is 2.27. The number of thioether (sulfide) groups is 1. The third-order valence-corrected chi connectivity index (χ3v) is 4.15. The van der Waals surface area contributed by atoms with E-state index >= 15 is 0 Å². The minimum Gasteiger partial charge on any atom is -0.494 e. The molecule has 3 N–H and O–H groups in total. The lowest BCUT2D eigenvalue weighted by Gasteiger charge is -2.16. The number of aromatic nitrogens is 3. The number of rotatable bonds is 7. The topological polar surface area (TPSA) is 85.9 Å². The first kappa shape index (κ1) is 15.7. The first-order valence-electron chi connectivity index (χ1n) is 6.92. The van der Waals surface area contributed by atoms with Crippen molar-refractivity contribution < 1.29 is 4.74 Å². The van der Waals surface area contributed by atoms with Gasteiger partial charge in [-0.05, 0) is 19.9 Å². The summed E-state index contributed by atoms with van der Waals surface area (Å²) in [6.07, 6.45) is 0. The van der Waals surface area contributed by atoms with Gasteiger partial charge >= 0.3 is 5.69 Å². The van der Waals surface area contributed by atoms with Crippen LogP contribution in [0.5, 0.6) is 5.75 Å². The van der Waals surface area contributed by atoms with Crippen LogP contribution in [0.4, 0.5) is 0 Å². The van der Waals surface area contributed by atoms with Crippen molar-refractivity contribution in [1.29, 1.82) is 0 Å². The predicted molar refractivity (Wildman–Crippen MR) is 83.8 cm³/mol. The standard InChI is InChI=1S/C14H20N4O2S/c1-3-18-13(19)16-17-14(18)21-9-11(15)10-7-5-6-8-12(10)20-4-2/h5-8,11H,3-4,9,15H2,1-2H3,(H,16,19). The van der Waals surface area contributed by atoms with Crippen molar-refractivity contribution in [2.45, 2.75) is 31.6 Å². The fourth-order valence-electron chi connectivity index (χ4n) is 2.02. The molecule has 0 bridgehead atoms. The summed E-state index contributed by atoms with van der Waals surface area (Å²) in [5.41, 5.74) is 7.02. The van der Waals surface area contributed by atoms with Crippen LogP contribution in [-0.4, -0.2) is 27.1 Å². The van der Waals surface area contributed by atoms with Crippen molar-refractivity contribution in [2.75, 3.05) is 12.4 Å². The Bertz CT molecular complexity index is 638. The van der Waals surface area contributed by atoms with Gasteiger partial charge in [-0.1, -0.05) is 30.0 Å². The van der Waals surface area contributed by atoms with Gasteiger partial charge in [0.25, 0.3) is 0 Å². The molecular weight excluding hydrogens is 288 g/mol. The molecule has 1 aromatic heterocycles. The molecule has 0 amide bonds. The number of ether oxygens (including phenoxy) is 1. The highest BCUT2D eigenvalue weighted by atomic mass is 32.2. The van der Waals surface area contributed by atoms with Crippen molar-refractivity contribution in [1.82, 2.24) is 14.8 Å². The molecule has 114 valence electrons. The second kappa shape index (κ2) is 7.33. The summed E-state index contributed by atoms with van der Waals surface area (Å²) in [6, 6.07) is 7.57. The fraction of sp³-hybridized carbons (Fsp3) is 0.429. The maximum atomic E-state index is 11.5. The zero-order chi connectivity index (χ0) is 15.2. The molecule has 2 aromatic rings. The van der Waals surface area contributed by atoms with Gasteiger partial charge in [0.15, 0.2) is 5.16 Å². The van der Waals surface area contributed by atoms with Gasteiger partial charge in [0.1, 0.15) is 5.75 Å². The van der Waals surface area contributed by atoms with Crippen molar-refractivity contribution in [3.8, 4) is 5.75 Å². The van der Waals surface area contributed by atoms with Gasteiger partial charge in [0.2, 0.25) is 0 Å². The van der Waals surface area contributed by atoms with Crippen LogP contribution in [0.2, 0.25) is 0 Å². The first-order chi connectivity index (χ1) is 10.2. The summed E-state index contributed by atoms with van der Waals surface area (Å²) in [7, 11) is 0. The van der Waals surface area contributed by atoms with Crippen LogP contribution in [-0.2, 0) is 6.54 Å². The van der Waals surface area contributed by atoms with E-state index in [1.807, 2.05) is 38.1 Å². The second-order valence-corrected chi connectivity index (χ2v) is 5.43. The first-order valence-corrected chi connectivity index (χ1v) is 7.91. The number of H-pyrrole nitrogens is 1. The lowest BCUT2D eigenvalue weighted by atomic mass is 10.1. The maximum absolute atomic E-state index is 11.5. The SMILES string of the molecule is CCOc1ccccc1C(N)CSc1n[nH]c(=O)n1CC. The summed E-state index contributed by atoms with van der Waals surface area (Å²) in [4.78, 5) is 11.5. The van der Waals surface area contributed by atoms with E-state index in [0.29, 0.717) is 24.1 Å². The highest BCUT2D eigenvalue weighted by Gasteiger charge is 2.14. The molecular formula is C14H20N4O2S. The number of benzene rings is 1. The van der Waals surface area contributed by atoms with E-state index in [4.69, 9.17) is 10.5 Å². The number of nitrogens with one attached hydrogen (secondary N) is 1. The van der Waals surface area contributed by atoms with E-state index in [9.17, 15) is 4.79 Å². The average Bonchev–Trinajstić information content (AvgIpc) is 2.85. The zero-order valence-electron chi connectivity index (χ0n) is 12.2. The molecule has 1 atom stereocenters. The molecule has 0 fully saturated rings. The molecule has 7 heteroatoms. The normalized spacial score (nSPS) is 12.3. The Morgan fingerprint density at radius 1 is 1.43 bits per heavy atom. The summed E-state index contributed by atoms with van der Waals surface area (Å²) in [5, 5.41) is 7.13. The Hall–Kier alpha value is -1.73. The van der Waals surface area contributed by atoms with Gasteiger partial charge in [0.05, 0.1) is 6.61 Å². The average molecular weight is 308 g/mol. The lowest BCUT2D eigenvalue weighted by Crippen LogP contribution is -2.18. The van der Waals surface area contributed by atoms with E-state index in [0.717, 1.165) is 11.3 Å². The number of nitrogens with zero attached hydrogens (tertiary/aromatic N) is 2. The molecule has 0 saturated heterocycles.